The number of ether oxygens (including phenoxy) is 1. The molecule has 0 unspecified atom stereocenters. The minimum absolute atomic E-state index is 0.0188. The molecule has 0 spiro atoms. The number of esters is 1. The lowest BCUT2D eigenvalue weighted by Crippen LogP contribution is -2.22. The van der Waals surface area contributed by atoms with E-state index in [0.717, 1.165) is 16.5 Å². The Morgan fingerprint density at radius 1 is 1.27 bits per heavy atom. The lowest BCUT2D eigenvalue weighted by molar-refractivity contribution is -0.383. The maximum absolute atomic E-state index is 11.9. The van der Waals surface area contributed by atoms with Crippen LogP contribution in [-0.2, 0) is 14.3 Å². The first-order chi connectivity index (χ1) is 12.4. The van der Waals surface area contributed by atoms with Crippen molar-refractivity contribution < 1.29 is 19.2 Å². The van der Waals surface area contributed by atoms with Crippen molar-refractivity contribution in [1.82, 2.24) is 0 Å². The van der Waals surface area contributed by atoms with Gasteiger partial charge in [-0.2, -0.15) is 0 Å². The molecule has 0 aliphatic heterocycles. The lowest BCUT2D eigenvalue weighted by atomic mass is 10.2. The molecule has 0 heterocycles. The van der Waals surface area contributed by atoms with Crippen LogP contribution < -0.4 is 5.32 Å². The van der Waals surface area contributed by atoms with Crippen molar-refractivity contribution in [3.05, 3.63) is 63.2 Å². The number of aryl methyl sites for hydroxylation is 1. The van der Waals surface area contributed by atoms with E-state index >= 15 is 0 Å². The Bertz CT molecular complexity index is 844. The number of amides is 1. The highest BCUT2D eigenvalue weighted by molar-refractivity contribution is 8.00. The molecule has 0 aliphatic carbocycles. The van der Waals surface area contributed by atoms with Crippen LogP contribution in [0, 0.1) is 17.0 Å². The maximum Gasteiger partial charge on any atom is 0.316 e. The molecule has 7 nitrogen and oxygen atoms in total. The zero-order valence-electron chi connectivity index (χ0n) is 13.7. The molecule has 0 atom stereocenters. The van der Waals surface area contributed by atoms with Crippen molar-refractivity contribution in [2.45, 2.75) is 11.8 Å². The quantitative estimate of drug-likeness (QED) is 0.331. The summed E-state index contributed by atoms with van der Waals surface area (Å²) in [6.07, 6.45) is 0. The smallest absolute Gasteiger partial charge is 0.316 e. The minimum Gasteiger partial charge on any atom is -0.455 e. The summed E-state index contributed by atoms with van der Waals surface area (Å²) in [7, 11) is 0. The van der Waals surface area contributed by atoms with E-state index < -0.39 is 23.4 Å². The van der Waals surface area contributed by atoms with Crippen LogP contribution in [0.15, 0.2) is 47.4 Å². The van der Waals surface area contributed by atoms with Gasteiger partial charge in [-0.1, -0.05) is 29.8 Å². The Morgan fingerprint density at radius 2 is 2.00 bits per heavy atom. The fourth-order valence-corrected chi connectivity index (χ4v) is 2.98. The molecule has 0 saturated carbocycles. The summed E-state index contributed by atoms with van der Waals surface area (Å²) in [4.78, 5) is 34.9. The number of benzene rings is 2. The van der Waals surface area contributed by atoms with E-state index in [1.807, 2.05) is 31.2 Å². The number of hydrogen-bond acceptors (Lipinski definition) is 6. The van der Waals surface area contributed by atoms with Crippen molar-refractivity contribution in [3.8, 4) is 0 Å². The van der Waals surface area contributed by atoms with Crippen LogP contribution in [-0.4, -0.2) is 29.2 Å². The molecular formula is C17H15ClN2O5S. The second-order valence-electron chi connectivity index (χ2n) is 5.18. The molecule has 0 bridgehead atoms. The molecule has 2 aromatic rings. The number of rotatable bonds is 7. The third-order valence-electron chi connectivity index (χ3n) is 3.23. The third kappa shape index (κ3) is 5.75. The number of carbonyl (C=O) groups excluding carboxylic acids is 2. The van der Waals surface area contributed by atoms with Gasteiger partial charge >= 0.3 is 5.97 Å². The van der Waals surface area contributed by atoms with Gasteiger partial charge in [0.15, 0.2) is 6.61 Å². The van der Waals surface area contributed by atoms with Crippen molar-refractivity contribution >= 4 is 46.6 Å². The normalized spacial score (nSPS) is 10.2. The largest absolute Gasteiger partial charge is 0.455 e. The molecule has 136 valence electrons. The van der Waals surface area contributed by atoms with Gasteiger partial charge in [0.2, 0.25) is 0 Å². The SMILES string of the molecule is Cc1ccccc1SCC(=O)OCC(=O)Nc1ccc(Cl)cc1[N+](=O)[O-]. The minimum atomic E-state index is -0.676. The van der Waals surface area contributed by atoms with Gasteiger partial charge in [-0.25, -0.2) is 0 Å². The topological polar surface area (TPSA) is 98.5 Å². The van der Waals surface area contributed by atoms with Gasteiger partial charge in [0.1, 0.15) is 5.69 Å². The predicted molar refractivity (Wildman–Crippen MR) is 99.6 cm³/mol. The van der Waals surface area contributed by atoms with Gasteiger partial charge in [0, 0.05) is 16.0 Å². The highest BCUT2D eigenvalue weighted by Gasteiger charge is 2.17. The summed E-state index contributed by atoms with van der Waals surface area (Å²) < 4.78 is 4.89. The number of nitro groups is 1. The molecule has 0 radical (unpaired) electrons. The molecule has 0 saturated heterocycles. The summed E-state index contributed by atoms with van der Waals surface area (Å²) in [5, 5.41) is 13.5. The second-order valence-corrected chi connectivity index (χ2v) is 6.64. The number of anilines is 1. The fraction of sp³-hybridized carbons (Fsp3) is 0.176. The van der Waals surface area contributed by atoms with E-state index in [2.05, 4.69) is 5.32 Å². The molecule has 9 heteroatoms. The van der Waals surface area contributed by atoms with Gasteiger partial charge in [-0.05, 0) is 30.7 Å². The zero-order valence-corrected chi connectivity index (χ0v) is 15.3. The van der Waals surface area contributed by atoms with Gasteiger partial charge in [0.25, 0.3) is 11.6 Å². The number of thioether (sulfide) groups is 1. The van der Waals surface area contributed by atoms with Crippen LogP contribution in [0.5, 0.6) is 0 Å². The number of nitrogens with zero attached hydrogens (tertiary/aromatic N) is 1. The third-order valence-corrected chi connectivity index (χ3v) is 4.62. The van der Waals surface area contributed by atoms with E-state index in [0.29, 0.717) is 0 Å². The van der Waals surface area contributed by atoms with E-state index in [9.17, 15) is 19.7 Å². The highest BCUT2D eigenvalue weighted by atomic mass is 35.5. The Morgan fingerprint density at radius 3 is 2.69 bits per heavy atom. The van der Waals surface area contributed by atoms with Crippen molar-refractivity contribution in [3.63, 3.8) is 0 Å². The Labute approximate surface area is 158 Å². The second kappa shape index (κ2) is 9.21. The molecule has 2 aromatic carbocycles. The van der Waals surface area contributed by atoms with Crippen molar-refractivity contribution in [1.29, 1.82) is 0 Å². The molecule has 26 heavy (non-hydrogen) atoms. The summed E-state index contributed by atoms with van der Waals surface area (Å²) in [6.45, 7) is 1.40. The Hall–Kier alpha value is -2.58. The molecule has 1 amide bonds. The summed E-state index contributed by atoms with van der Waals surface area (Å²) >= 11 is 7.02. The lowest BCUT2D eigenvalue weighted by Gasteiger charge is -2.08. The van der Waals surface area contributed by atoms with E-state index in [-0.39, 0.29) is 22.2 Å². The van der Waals surface area contributed by atoms with Crippen LogP contribution in [0.25, 0.3) is 0 Å². The van der Waals surface area contributed by atoms with Crippen LogP contribution in [0.2, 0.25) is 5.02 Å². The van der Waals surface area contributed by atoms with Crippen LogP contribution in [0.1, 0.15) is 5.56 Å². The van der Waals surface area contributed by atoms with E-state index in [4.69, 9.17) is 16.3 Å². The fourth-order valence-electron chi connectivity index (χ4n) is 1.99. The predicted octanol–water partition coefficient (Wildman–Crippen LogP) is 3.83. The summed E-state index contributed by atoms with van der Waals surface area (Å²) in [6, 6.07) is 11.4. The highest BCUT2D eigenvalue weighted by Crippen LogP contribution is 2.27. The first kappa shape index (κ1) is 19.7. The van der Waals surface area contributed by atoms with Gasteiger partial charge in [0.05, 0.1) is 10.7 Å². The first-order valence-corrected chi connectivity index (χ1v) is 8.81. The molecule has 0 aromatic heterocycles. The monoisotopic (exact) mass is 394 g/mol. The van der Waals surface area contributed by atoms with Crippen molar-refractivity contribution in [2.75, 3.05) is 17.7 Å². The van der Waals surface area contributed by atoms with Gasteiger partial charge in [-0.3, -0.25) is 19.7 Å². The maximum atomic E-state index is 11.9. The van der Waals surface area contributed by atoms with Crippen molar-refractivity contribution in [2.24, 2.45) is 0 Å². The van der Waals surface area contributed by atoms with E-state index in [1.165, 1.54) is 23.9 Å². The molecular weight excluding hydrogens is 380 g/mol. The number of nitrogens with one attached hydrogen (secondary N) is 1. The summed E-state index contributed by atoms with van der Waals surface area (Å²) in [5.74, 6) is -1.18. The van der Waals surface area contributed by atoms with Gasteiger partial charge < -0.3 is 10.1 Å². The number of nitro benzene ring substituents is 1. The van der Waals surface area contributed by atoms with Crippen LogP contribution in [0.3, 0.4) is 0 Å². The number of carbonyl (C=O) groups is 2. The average molecular weight is 395 g/mol. The summed E-state index contributed by atoms with van der Waals surface area (Å²) in [5.41, 5.74) is 0.681. The number of halogens is 1. The first-order valence-electron chi connectivity index (χ1n) is 7.44. The van der Waals surface area contributed by atoms with Crippen LogP contribution >= 0.6 is 23.4 Å². The zero-order chi connectivity index (χ0) is 19.1. The molecule has 0 fully saturated rings. The molecule has 2 rings (SSSR count). The molecule has 0 aliphatic rings. The average Bonchev–Trinajstić information content (AvgIpc) is 2.60. The standard InChI is InChI=1S/C17H15ClN2O5S/c1-11-4-2-3-5-15(11)26-10-17(22)25-9-16(21)19-13-7-6-12(18)8-14(13)20(23)24/h2-8H,9-10H2,1H3,(H,19,21). The Kier molecular flexibility index (Phi) is 6.99. The van der Waals surface area contributed by atoms with Crippen LogP contribution in [0.4, 0.5) is 11.4 Å². The molecule has 1 N–H and O–H groups in total. The van der Waals surface area contributed by atoms with E-state index in [1.54, 1.807) is 0 Å². The Balaban J connectivity index is 1.84. The van der Waals surface area contributed by atoms with Gasteiger partial charge in [-0.15, -0.1) is 11.8 Å². The number of hydrogen-bond donors (Lipinski definition) is 1.